The Bertz CT molecular complexity index is 1580. The molecule has 0 bridgehead atoms. The predicted octanol–water partition coefficient (Wildman–Crippen LogP) is 3.19. The van der Waals surface area contributed by atoms with Crippen molar-refractivity contribution in [2.45, 2.75) is 12.6 Å². The van der Waals surface area contributed by atoms with Gasteiger partial charge in [0, 0.05) is 61.4 Å². The van der Waals surface area contributed by atoms with E-state index in [0.29, 0.717) is 73.8 Å². The second kappa shape index (κ2) is 14.1. The molecule has 2 aromatic heterocycles. The van der Waals surface area contributed by atoms with Gasteiger partial charge in [-0.15, -0.1) is 0 Å². The van der Waals surface area contributed by atoms with Crippen LogP contribution in [-0.4, -0.2) is 111 Å². The molecule has 44 heavy (non-hydrogen) atoms. The van der Waals surface area contributed by atoms with Crippen molar-refractivity contribution >= 4 is 46.1 Å². The van der Waals surface area contributed by atoms with Crippen LogP contribution in [0.4, 0.5) is 5.95 Å². The lowest BCUT2D eigenvalue weighted by Crippen LogP contribution is -2.54. The van der Waals surface area contributed by atoms with Crippen molar-refractivity contribution in [2.24, 2.45) is 5.92 Å². The van der Waals surface area contributed by atoms with Crippen molar-refractivity contribution in [3.05, 3.63) is 50.9 Å². The number of benzene rings is 1. The highest BCUT2D eigenvalue weighted by Gasteiger charge is 2.30. The van der Waals surface area contributed by atoms with Gasteiger partial charge in [0.25, 0.3) is 5.56 Å². The summed E-state index contributed by atoms with van der Waals surface area (Å²) in [4.78, 5) is 39.3. The minimum Gasteiger partial charge on any atom is -0.495 e. The number of hydrogen-bond acceptors (Lipinski definition) is 10. The number of halogens is 2. The van der Waals surface area contributed by atoms with Gasteiger partial charge in [-0.3, -0.25) is 14.2 Å². The molecular weight excluding hydrogens is 611 g/mol. The third-order valence-corrected chi connectivity index (χ3v) is 8.24. The molecule has 0 unspecified atom stereocenters. The maximum absolute atomic E-state index is 14.1. The Balaban J connectivity index is 1.41. The van der Waals surface area contributed by atoms with E-state index in [0.717, 1.165) is 0 Å². The number of methoxy groups -OCH3 is 2. The fourth-order valence-electron chi connectivity index (χ4n) is 4.89. The lowest BCUT2D eigenvalue weighted by molar-refractivity contribution is -0.139. The maximum Gasteiger partial charge on any atom is 0.260 e. The molecule has 2 aliphatic rings. The van der Waals surface area contributed by atoms with Crippen LogP contribution >= 0.6 is 23.2 Å². The first-order valence-electron chi connectivity index (χ1n) is 14.2. The molecule has 2 fully saturated rings. The second-order valence-corrected chi connectivity index (χ2v) is 11.7. The van der Waals surface area contributed by atoms with E-state index in [-0.39, 0.29) is 51.9 Å². The summed E-state index contributed by atoms with van der Waals surface area (Å²) >= 11 is 13.4. The van der Waals surface area contributed by atoms with E-state index < -0.39 is 0 Å². The third kappa shape index (κ3) is 6.94. The summed E-state index contributed by atoms with van der Waals surface area (Å²) in [5, 5.41) is 4.20. The zero-order chi connectivity index (χ0) is 31.4. The number of ether oxygens (including phenoxy) is 4. The van der Waals surface area contributed by atoms with Gasteiger partial charge in [0.15, 0.2) is 0 Å². The number of carbonyl (C=O) groups excluding carboxylic acids is 1. The number of likely N-dealkylation sites (N-methyl/N-ethyl adjacent to an activating group) is 1. The van der Waals surface area contributed by atoms with Gasteiger partial charge in [-0.05, 0) is 20.2 Å². The lowest BCUT2D eigenvalue weighted by Gasteiger charge is -2.38. The summed E-state index contributed by atoms with van der Waals surface area (Å²) in [6.07, 6.45) is 4.94. The van der Waals surface area contributed by atoms with Crippen LogP contribution in [0.25, 0.3) is 22.2 Å². The van der Waals surface area contributed by atoms with Gasteiger partial charge in [0.05, 0.1) is 62.3 Å². The molecule has 4 heterocycles. The Hall–Kier alpha value is -3.42. The van der Waals surface area contributed by atoms with E-state index in [1.807, 2.05) is 25.1 Å². The number of amides is 1. The van der Waals surface area contributed by atoms with Crippen molar-refractivity contribution in [3.8, 4) is 22.6 Å². The van der Waals surface area contributed by atoms with Crippen LogP contribution in [0.1, 0.15) is 0 Å². The number of nitrogens with zero attached hydrogens (tertiary/aromatic N) is 5. The molecule has 1 aromatic carbocycles. The zero-order valence-electron chi connectivity index (χ0n) is 25.1. The van der Waals surface area contributed by atoms with Gasteiger partial charge in [-0.25, -0.2) is 4.98 Å². The number of carbonyl (C=O) groups is 1. The van der Waals surface area contributed by atoms with E-state index >= 15 is 0 Å². The number of anilines is 1. The Kier molecular flexibility index (Phi) is 10.3. The Morgan fingerprint density at radius 2 is 1.86 bits per heavy atom. The van der Waals surface area contributed by atoms with Crippen LogP contribution < -0.4 is 20.3 Å². The van der Waals surface area contributed by atoms with Crippen molar-refractivity contribution in [1.29, 1.82) is 0 Å². The molecular formula is C30H36Cl2N6O6. The first-order chi connectivity index (χ1) is 21.2. The SMILES string of the molecule is COc1cc(OC)c(Cl)c(-c2cc3cnc(NCC4COC4)nc3n(CCOC3CN(C(=O)C=CCN(C)C)C3)c2=O)c1Cl. The highest BCUT2D eigenvalue weighted by atomic mass is 35.5. The zero-order valence-corrected chi connectivity index (χ0v) is 26.7. The molecule has 0 saturated carbocycles. The molecule has 1 N–H and O–H groups in total. The molecule has 12 nitrogen and oxygen atoms in total. The normalized spacial score (nSPS) is 15.6. The van der Waals surface area contributed by atoms with Gasteiger partial charge >= 0.3 is 0 Å². The summed E-state index contributed by atoms with van der Waals surface area (Å²) in [7, 11) is 6.83. The van der Waals surface area contributed by atoms with Crippen LogP contribution in [0.2, 0.25) is 10.0 Å². The maximum atomic E-state index is 14.1. The number of hydrogen-bond donors (Lipinski definition) is 1. The summed E-state index contributed by atoms with van der Waals surface area (Å²) < 4.78 is 23.7. The molecule has 0 spiro atoms. The molecule has 0 radical (unpaired) electrons. The van der Waals surface area contributed by atoms with Gasteiger partial charge in [0.1, 0.15) is 17.1 Å². The molecule has 0 aliphatic carbocycles. The highest BCUT2D eigenvalue weighted by Crippen LogP contribution is 2.45. The van der Waals surface area contributed by atoms with Crippen LogP contribution in [0.5, 0.6) is 11.5 Å². The number of pyridine rings is 1. The Labute approximate surface area is 265 Å². The minimum atomic E-state index is -0.367. The first-order valence-corrected chi connectivity index (χ1v) is 15.0. The Morgan fingerprint density at radius 1 is 1.16 bits per heavy atom. The summed E-state index contributed by atoms with van der Waals surface area (Å²) in [6, 6.07) is 3.24. The van der Waals surface area contributed by atoms with Crippen molar-refractivity contribution in [2.75, 3.05) is 79.6 Å². The first kappa shape index (κ1) is 32.0. The number of rotatable bonds is 13. The molecule has 3 aromatic rings. The van der Waals surface area contributed by atoms with Gasteiger partial charge in [0.2, 0.25) is 11.9 Å². The molecule has 236 valence electrons. The largest absolute Gasteiger partial charge is 0.495 e. The molecule has 5 rings (SSSR count). The molecule has 0 atom stereocenters. The van der Waals surface area contributed by atoms with E-state index in [2.05, 4.69) is 15.3 Å². The number of nitrogens with one attached hydrogen (secondary N) is 1. The lowest BCUT2D eigenvalue weighted by atomic mass is 10.0. The number of likely N-dealkylation sites (tertiary alicyclic amines) is 1. The summed E-state index contributed by atoms with van der Waals surface area (Å²) in [5.74, 6) is 1.37. The third-order valence-electron chi connectivity index (χ3n) is 7.49. The van der Waals surface area contributed by atoms with Gasteiger partial charge in [-0.1, -0.05) is 29.3 Å². The van der Waals surface area contributed by atoms with E-state index in [4.69, 9.17) is 42.1 Å². The van der Waals surface area contributed by atoms with Crippen LogP contribution in [0, 0.1) is 5.92 Å². The van der Waals surface area contributed by atoms with Crippen LogP contribution in [0.15, 0.2) is 35.3 Å². The topological polar surface area (TPSA) is 120 Å². The smallest absolute Gasteiger partial charge is 0.260 e. The van der Waals surface area contributed by atoms with Gasteiger partial charge < -0.3 is 34.1 Å². The van der Waals surface area contributed by atoms with Crippen molar-refractivity contribution in [3.63, 3.8) is 0 Å². The van der Waals surface area contributed by atoms with Gasteiger partial charge in [-0.2, -0.15) is 4.98 Å². The van der Waals surface area contributed by atoms with E-state index in [1.165, 1.54) is 18.8 Å². The van der Waals surface area contributed by atoms with Crippen LogP contribution in [0.3, 0.4) is 0 Å². The predicted molar refractivity (Wildman–Crippen MR) is 169 cm³/mol. The van der Waals surface area contributed by atoms with Crippen LogP contribution in [-0.2, 0) is 20.8 Å². The van der Waals surface area contributed by atoms with E-state index in [9.17, 15) is 9.59 Å². The number of aromatic nitrogens is 3. The molecule has 1 amide bonds. The number of fused-ring (bicyclic) bond motifs is 1. The monoisotopic (exact) mass is 646 g/mol. The standard InChI is InChI=1S/C30H36Cl2N6O6/c1-36(2)7-5-6-24(39)37-14-20(15-37)44-9-8-38-28-19(13-34-30(35-28)33-12-18-16-43-17-18)10-21(29(38)40)25-26(31)22(41-3)11-23(42-4)27(25)32/h5-6,10-11,13,18,20H,7-9,12,14-17H2,1-4H3,(H,33,34,35). The second-order valence-electron chi connectivity index (χ2n) is 11.0. The quantitative estimate of drug-likeness (QED) is 0.277. The summed E-state index contributed by atoms with van der Waals surface area (Å²) in [6.45, 7) is 4.11. The fraction of sp³-hybridized carbons (Fsp3) is 0.467. The van der Waals surface area contributed by atoms with Crippen molar-refractivity contribution < 1.29 is 23.7 Å². The minimum absolute atomic E-state index is 0.0470. The molecule has 2 aliphatic heterocycles. The van der Waals surface area contributed by atoms with E-state index in [1.54, 1.807) is 29.3 Å². The molecule has 2 saturated heterocycles. The summed E-state index contributed by atoms with van der Waals surface area (Å²) in [5.41, 5.74) is 0.594. The average molecular weight is 648 g/mol. The van der Waals surface area contributed by atoms with Crippen molar-refractivity contribution in [1.82, 2.24) is 24.3 Å². The highest BCUT2D eigenvalue weighted by molar-refractivity contribution is 6.41. The Morgan fingerprint density at radius 3 is 2.48 bits per heavy atom. The molecule has 14 heteroatoms. The fourth-order valence-corrected chi connectivity index (χ4v) is 5.60. The average Bonchev–Trinajstić information content (AvgIpc) is 2.94.